The molecule has 0 fully saturated rings. The maximum absolute atomic E-state index is 5.96. The van der Waals surface area contributed by atoms with Crippen molar-refractivity contribution in [3.05, 3.63) is 71.3 Å². The highest BCUT2D eigenvalue weighted by Crippen LogP contribution is 2.36. The molecule has 102 valence electrons. The second kappa shape index (κ2) is 5.93. The van der Waals surface area contributed by atoms with Crippen molar-refractivity contribution >= 4 is 5.57 Å². The van der Waals surface area contributed by atoms with Crippen molar-refractivity contribution in [2.45, 2.75) is 13.0 Å². The topological polar surface area (TPSA) is 21.3 Å². The van der Waals surface area contributed by atoms with Crippen molar-refractivity contribution in [1.82, 2.24) is 5.32 Å². The molecule has 1 heterocycles. The van der Waals surface area contributed by atoms with Gasteiger partial charge in [0, 0.05) is 5.56 Å². The molecular formula is C18H19NO. The van der Waals surface area contributed by atoms with Crippen molar-refractivity contribution in [2.24, 2.45) is 0 Å². The molecule has 0 unspecified atom stereocenters. The SMILES string of the molecule is CNCCC=C1c2ccccc2COc2ccccc21. The van der Waals surface area contributed by atoms with Gasteiger partial charge in [0.25, 0.3) is 0 Å². The minimum absolute atomic E-state index is 0.635. The molecule has 0 radical (unpaired) electrons. The molecule has 0 spiro atoms. The molecule has 20 heavy (non-hydrogen) atoms. The van der Waals surface area contributed by atoms with Crippen LogP contribution in [0.25, 0.3) is 5.57 Å². The molecule has 0 aliphatic carbocycles. The third-order valence-electron chi connectivity index (χ3n) is 3.61. The van der Waals surface area contributed by atoms with E-state index < -0.39 is 0 Å². The van der Waals surface area contributed by atoms with Gasteiger partial charge in [-0.25, -0.2) is 0 Å². The minimum atomic E-state index is 0.635. The Morgan fingerprint density at radius 2 is 1.80 bits per heavy atom. The van der Waals surface area contributed by atoms with Gasteiger partial charge in [-0.1, -0.05) is 48.5 Å². The number of para-hydroxylation sites is 1. The van der Waals surface area contributed by atoms with Gasteiger partial charge in [0.2, 0.25) is 0 Å². The number of hydrogen-bond donors (Lipinski definition) is 1. The number of fused-ring (bicyclic) bond motifs is 2. The van der Waals surface area contributed by atoms with E-state index in [1.54, 1.807) is 0 Å². The highest BCUT2D eigenvalue weighted by Gasteiger charge is 2.17. The highest BCUT2D eigenvalue weighted by atomic mass is 16.5. The summed E-state index contributed by atoms with van der Waals surface area (Å²) in [7, 11) is 1.98. The maximum Gasteiger partial charge on any atom is 0.127 e. The van der Waals surface area contributed by atoms with Gasteiger partial charge in [0.05, 0.1) is 0 Å². The summed E-state index contributed by atoms with van der Waals surface area (Å²) in [6.45, 7) is 1.62. The summed E-state index contributed by atoms with van der Waals surface area (Å²) >= 11 is 0. The molecule has 2 aromatic rings. The molecule has 1 aliphatic heterocycles. The third kappa shape index (κ3) is 2.47. The summed E-state index contributed by atoms with van der Waals surface area (Å²) in [5, 5.41) is 3.20. The molecule has 0 amide bonds. The standard InChI is InChI=1S/C18H19NO/c1-19-12-6-10-16-15-8-3-2-7-14(15)13-20-18-11-5-4-9-17(16)18/h2-5,7-11,19H,6,12-13H2,1H3. The monoisotopic (exact) mass is 265 g/mol. The molecule has 0 bridgehead atoms. The van der Waals surface area contributed by atoms with Crippen molar-refractivity contribution in [1.29, 1.82) is 0 Å². The molecule has 0 saturated heterocycles. The molecule has 2 heteroatoms. The number of benzene rings is 2. The van der Waals surface area contributed by atoms with Gasteiger partial charge in [-0.05, 0) is 42.8 Å². The summed E-state index contributed by atoms with van der Waals surface area (Å²) < 4.78 is 5.96. The summed E-state index contributed by atoms with van der Waals surface area (Å²) in [6, 6.07) is 16.8. The lowest BCUT2D eigenvalue weighted by molar-refractivity contribution is 0.307. The molecule has 1 aliphatic rings. The van der Waals surface area contributed by atoms with E-state index in [9.17, 15) is 0 Å². The molecule has 0 saturated carbocycles. The number of ether oxygens (including phenoxy) is 1. The van der Waals surface area contributed by atoms with Crippen LogP contribution >= 0.6 is 0 Å². The first kappa shape index (κ1) is 12.9. The van der Waals surface area contributed by atoms with Crippen LogP contribution in [0.5, 0.6) is 5.75 Å². The predicted molar refractivity (Wildman–Crippen MR) is 82.8 cm³/mol. The van der Waals surface area contributed by atoms with E-state index in [1.807, 2.05) is 19.2 Å². The largest absolute Gasteiger partial charge is 0.488 e. The molecule has 1 N–H and O–H groups in total. The Kier molecular flexibility index (Phi) is 3.84. The Bertz CT molecular complexity index is 581. The van der Waals surface area contributed by atoms with Crippen molar-refractivity contribution < 1.29 is 4.74 Å². The van der Waals surface area contributed by atoms with E-state index >= 15 is 0 Å². The Morgan fingerprint density at radius 3 is 2.65 bits per heavy atom. The van der Waals surface area contributed by atoms with E-state index in [0.29, 0.717) is 6.61 Å². The predicted octanol–water partition coefficient (Wildman–Crippen LogP) is 3.62. The first-order chi connectivity index (χ1) is 9.90. The summed E-state index contributed by atoms with van der Waals surface area (Å²) in [6.07, 6.45) is 3.32. The van der Waals surface area contributed by atoms with Gasteiger partial charge in [-0.15, -0.1) is 0 Å². The molecule has 2 aromatic carbocycles. The number of hydrogen-bond acceptors (Lipinski definition) is 2. The van der Waals surface area contributed by atoms with Gasteiger partial charge >= 0.3 is 0 Å². The fourth-order valence-electron chi connectivity index (χ4n) is 2.61. The Balaban J connectivity index is 2.11. The quantitative estimate of drug-likeness (QED) is 0.856. The van der Waals surface area contributed by atoms with E-state index in [0.717, 1.165) is 18.7 Å². The smallest absolute Gasteiger partial charge is 0.127 e. The Hall–Kier alpha value is -2.06. The lowest BCUT2D eigenvalue weighted by Crippen LogP contribution is -2.06. The van der Waals surface area contributed by atoms with Gasteiger partial charge in [-0.2, -0.15) is 0 Å². The normalized spacial score (nSPS) is 15.2. The molecule has 0 atom stereocenters. The fourth-order valence-corrected chi connectivity index (χ4v) is 2.61. The maximum atomic E-state index is 5.96. The summed E-state index contributed by atoms with van der Waals surface area (Å²) in [5.74, 6) is 0.972. The van der Waals surface area contributed by atoms with Crippen LogP contribution in [-0.2, 0) is 6.61 Å². The Morgan fingerprint density at radius 1 is 1.05 bits per heavy atom. The van der Waals surface area contributed by atoms with E-state index in [2.05, 4.69) is 47.8 Å². The van der Waals surface area contributed by atoms with Crippen molar-refractivity contribution in [2.75, 3.05) is 13.6 Å². The minimum Gasteiger partial charge on any atom is -0.488 e. The van der Waals surface area contributed by atoms with Crippen molar-refractivity contribution in [3.8, 4) is 5.75 Å². The summed E-state index contributed by atoms with van der Waals surface area (Å²) in [4.78, 5) is 0. The zero-order chi connectivity index (χ0) is 13.8. The summed E-state index contributed by atoms with van der Waals surface area (Å²) in [5.41, 5.74) is 5.01. The van der Waals surface area contributed by atoms with E-state index in [4.69, 9.17) is 4.74 Å². The van der Waals surface area contributed by atoms with Gasteiger partial charge in [-0.3, -0.25) is 0 Å². The molecule has 0 aromatic heterocycles. The van der Waals surface area contributed by atoms with Crippen LogP contribution in [0.1, 0.15) is 23.1 Å². The Labute approximate surface area is 120 Å². The third-order valence-corrected chi connectivity index (χ3v) is 3.61. The molecule has 2 nitrogen and oxygen atoms in total. The van der Waals surface area contributed by atoms with Gasteiger partial charge in [0.1, 0.15) is 12.4 Å². The van der Waals surface area contributed by atoms with Gasteiger partial charge < -0.3 is 10.1 Å². The zero-order valence-electron chi connectivity index (χ0n) is 11.7. The zero-order valence-corrected chi connectivity index (χ0v) is 11.7. The lowest BCUT2D eigenvalue weighted by atomic mass is 9.93. The van der Waals surface area contributed by atoms with Crippen LogP contribution in [0.2, 0.25) is 0 Å². The first-order valence-electron chi connectivity index (χ1n) is 7.05. The first-order valence-corrected chi connectivity index (χ1v) is 7.05. The van der Waals surface area contributed by atoms with E-state index in [-0.39, 0.29) is 0 Å². The number of rotatable bonds is 3. The molecular weight excluding hydrogens is 246 g/mol. The van der Waals surface area contributed by atoms with Crippen LogP contribution in [0.15, 0.2) is 54.6 Å². The molecule has 3 rings (SSSR count). The second-order valence-corrected chi connectivity index (χ2v) is 4.95. The second-order valence-electron chi connectivity index (χ2n) is 4.95. The van der Waals surface area contributed by atoms with Crippen LogP contribution in [-0.4, -0.2) is 13.6 Å². The van der Waals surface area contributed by atoms with Crippen LogP contribution in [0.3, 0.4) is 0 Å². The van der Waals surface area contributed by atoms with Crippen LogP contribution < -0.4 is 10.1 Å². The van der Waals surface area contributed by atoms with Crippen molar-refractivity contribution in [3.63, 3.8) is 0 Å². The lowest BCUT2D eigenvalue weighted by Gasteiger charge is -2.10. The van der Waals surface area contributed by atoms with Crippen LogP contribution in [0, 0.1) is 0 Å². The average Bonchev–Trinajstić information content (AvgIpc) is 2.66. The number of nitrogens with one attached hydrogen (secondary N) is 1. The average molecular weight is 265 g/mol. The fraction of sp³-hybridized carbons (Fsp3) is 0.222. The van der Waals surface area contributed by atoms with E-state index in [1.165, 1.54) is 22.3 Å². The van der Waals surface area contributed by atoms with Crippen LogP contribution in [0.4, 0.5) is 0 Å². The highest BCUT2D eigenvalue weighted by molar-refractivity contribution is 5.84. The van der Waals surface area contributed by atoms with Gasteiger partial charge in [0.15, 0.2) is 0 Å².